The molecule has 1 aromatic heterocycles. The summed E-state index contributed by atoms with van der Waals surface area (Å²) in [4.78, 5) is 1.27. The van der Waals surface area contributed by atoms with Gasteiger partial charge in [0, 0.05) is 16.7 Å². The van der Waals surface area contributed by atoms with Crippen molar-refractivity contribution in [2.24, 2.45) is 0 Å². The molecule has 0 radical (unpaired) electrons. The number of fused-ring (bicyclic) bond motifs is 1. The first-order chi connectivity index (χ1) is 6.83. The van der Waals surface area contributed by atoms with Crippen molar-refractivity contribution in [2.45, 2.75) is 6.61 Å². The molecule has 0 aliphatic rings. The van der Waals surface area contributed by atoms with Crippen LogP contribution in [0, 0.1) is 0 Å². The number of benzene rings is 1. The Balaban J connectivity index is 2.48. The maximum absolute atomic E-state index is 5.10. The number of rotatable bonds is 3. The summed E-state index contributed by atoms with van der Waals surface area (Å²) in [5.41, 5.74) is 1.17. The molecule has 1 aromatic carbocycles. The highest BCUT2D eigenvalue weighted by Gasteiger charge is 2.01. The predicted molar refractivity (Wildman–Crippen MR) is 62.6 cm³/mol. The van der Waals surface area contributed by atoms with E-state index in [1.54, 1.807) is 18.4 Å². The summed E-state index contributed by atoms with van der Waals surface area (Å²) in [5.74, 6) is 0. The maximum Gasteiger partial charge on any atom is 0.0806 e. The monoisotopic (exact) mass is 204 g/mol. The van der Waals surface area contributed by atoms with Crippen LogP contribution in [0.5, 0.6) is 0 Å². The molecule has 0 bridgehead atoms. The fourth-order valence-electron chi connectivity index (χ4n) is 1.44. The van der Waals surface area contributed by atoms with Crippen molar-refractivity contribution in [3.8, 4) is 0 Å². The van der Waals surface area contributed by atoms with Gasteiger partial charge >= 0.3 is 0 Å². The Labute approximate surface area is 87.6 Å². The second-order valence-corrected chi connectivity index (χ2v) is 4.32. The minimum absolute atomic E-state index is 0.697. The van der Waals surface area contributed by atoms with Crippen LogP contribution < -0.4 is 0 Å². The van der Waals surface area contributed by atoms with Crippen molar-refractivity contribution in [1.29, 1.82) is 0 Å². The van der Waals surface area contributed by atoms with Crippen LogP contribution in [-0.4, -0.2) is 7.11 Å². The molecule has 1 nitrogen and oxygen atoms in total. The summed E-state index contributed by atoms with van der Waals surface area (Å²) < 4.78 is 6.40. The zero-order valence-electron chi connectivity index (χ0n) is 8.12. The molecule has 72 valence electrons. The van der Waals surface area contributed by atoms with Crippen LogP contribution in [0.15, 0.2) is 30.8 Å². The Morgan fingerprint density at radius 3 is 3.00 bits per heavy atom. The third-order valence-corrected chi connectivity index (χ3v) is 3.19. The van der Waals surface area contributed by atoms with Crippen LogP contribution in [0.3, 0.4) is 0 Å². The number of methoxy groups -OCH3 is 1. The van der Waals surface area contributed by atoms with E-state index in [2.05, 4.69) is 30.8 Å². The Kier molecular flexibility index (Phi) is 2.66. The van der Waals surface area contributed by atoms with E-state index in [0.717, 1.165) is 0 Å². The molecule has 0 amide bonds. The van der Waals surface area contributed by atoms with Gasteiger partial charge in [0.1, 0.15) is 0 Å². The van der Waals surface area contributed by atoms with E-state index in [-0.39, 0.29) is 0 Å². The van der Waals surface area contributed by atoms with E-state index in [4.69, 9.17) is 4.74 Å². The minimum atomic E-state index is 0.697. The maximum atomic E-state index is 5.10. The molecular weight excluding hydrogens is 192 g/mol. The molecule has 14 heavy (non-hydrogen) atoms. The molecule has 2 aromatic rings. The lowest BCUT2D eigenvalue weighted by Gasteiger charge is -1.91. The van der Waals surface area contributed by atoms with Gasteiger partial charge in [-0.25, -0.2) is 0 Å². The van der Waals surface area contributed by atoms with E-state index in [0.29, 0.717) is 6.61 Å². The smallest absolute Gasteiger partial charge is 0.0806 e. The molecule has 0 atom stereocenters. The SMILES string of the molecule is C=Cc1ccc2cc(COC)sc2c1. The number of hydrogen-bond donors (Lipinski definition) is 0. The quantitative estimate of drug-likeness (QED) is 0.741. The third-order valence-electron chi connectivity index (χ3n) is 2.12. The topological polar surface area (TPSA) is 9.23 Å². The Morgan fingerprint density at radius 2 is 2.29 bits per heavy atom. The molecule has 0 aliphatic heterocycles. The summed E-state index contributed by atoms with van der Waals surface area (Å²) in [6.07, 6.45) is 1.87. The zero-order valence-corrected chi connectivity index (χ0v) is 8.93. The third kappa shape index (κ3) is 1.72. The minimum Gasteiger partial charge on any atom is -0.379 e. The van der Waals surface area contributed by atoms with Crippen LogP contribution in [0.25, 0.3) is 16.2 Å². The number of ether oxygens (including phenoxy) is 1. The lowest BCUT2D eigenvalue weighted by Crippen LogP contribution is -1.79. The van der Waals surface area contributed by atoms with E-state index >= 15 is 0 Å². The van der Waals surface area contributed by atoms with Crippen molar-refractivity contribution in [2.75, 3.05) is 7.11 Å². The van der Waals surface area contributed by atoms with Crippen molar-refractivity contribution in [3.05, 3.63) is 41.3 Å². The van der Waals surface area contributed by atoms with E-state index in [1.165, 1.54) is 20.5 Å². The Hall–Kier alpha value is -1.12. The van der Waals surface area contributed by atoms with Gasteiger partial charge in [-0.05, 0) is 23.1 Å². The van der Waals surface area contributed by atoms with Gasteiger partial charge in [-0.2, -0.15) is 0 Å². The van der Waals surface area contributed by atoms with Gasteiger partial charge in [-0.1, -0.05) is 24.8 Å². The van der Waals surface area contributed by atoms with Crippen LogP contribution in [0.4, 0.5) is 0 Å². The lowest BCUT2D eigenvalue weighted by atomic mass is 10.2. The summed E-state index contributed by atoms with van der Waals surface area (Å²) in [5, 5.41) is 1.28. The zero-order chi connectivity index (χ0) is 9.97. The molecule has 2 rings (SSSR count). The van der Waals surface area contributed by atoms with Crippen LogP contribution in [-0.2, 0) is 11.3 Å². The second-order valence-electron chi connectivity index (χ2n) is 3.15. The van der Waals surface area contributed by atoms with Gasteiger partial charge < -0.3 is 4.74 Å². The molecule has 0 fully saturated rings. The first-order valence-electron chi connectivity index (χ1n) is 4.47. The fraction of sp³-hybridized carbons (Fsp3) is 0.167. The highest BCUT2D eigenvalue weighted by molar-refractivity contribution is 7.19. The molecule has 1 heterocycles. The van der Waals surface area contributed by atoms with E-state index in [1.807, 2.05) is 6.08 Å². The lowest BCUT2D eigenvalue weighted by molar-refractivity contribution is 0.187. The van der Waals surface area contributed by atoms with Crippen molar-refractivity contribution >= 4 is 27.5 Å². The summed E-state index contributed by atoms with van der Waals surface area (Å²) in [6, 6.07) is 8.54. The van der Waals surface area contributed by atoms with Crippen molar-refractivity contribution in [3.63, 3.8) is 0 Å². The van der Waals surface area contributed by atoms with E-state index in [9.17, 15) is 0 Å². The van der Waals surface area contributed by atoms with Crippen LogP contribution in [0.2, 0.25) is 0 Å². The molecule has 0 saturated carbocycles. The predicted octanol–water partition coefficient (Wildman–Crippen LogP) is 3.69. The number of hydrogen-bond acceptors (Lipinski definition) is 2. The van der Waals surface area contributed by atoms with Crippen molar-refractivity contribution < 1.29 is 4.74 Å². The number of thiophene rings is 1. The summed E-state index contributed by atoms with van der Waals surface area (Å²) >= 11 is 1.78. The van der Waals surface area contributed by atoms with E-state index < -0.39 is 0 Å². The normalized spacial score (nSPS) is 10.6. The molecule has 2 heteroatoms. The largest absolute Gasteiger partial charge is 0.379 e. The van der Waals surface area contributed by atoms with Crippen molar-refractivity contribution in [1.82, 2.24) is 0 Å². The van der Waals surface area contributed by atoms with Crippen LogP contribution >= 0.6 is 11.3 Å². The Morgan fingerprint density at radius 1 is 1.43 bits per heavy atom. The van der Waals surface area contributed by atoms with Gasteiger partial charge in [0.2, 0.25) is 0 Å². The molecule has 0 spiro atoms. The van der Waals surface area contributed by atoms with Gasteiger partial charge in [0.25, 0.3) is 0 Å². The van der Waals surface area contributed by atoms with Gasteiger partial charge in [-0.3, -0.25) is 0 Å². The van der Waals surface area contributed by atoms with Gasteiger partial charge in [0.15, 0.2) is 0 Å². The molecule has 0 unspecified atom stereocenters. The standard InChI is InChI=1S/C12H12OS/c1-3-9-4-5-10-7-11(8-13-2)14-12(10)6-9/h3-7H,1,8H2,2H3. The average molecular weight is 204 g/mol. The first kappa shape index (κ1) is 9.44. The highest BCUT2D eigenvalue weighted by atomic mass is 32.1. The Bertz CT molecular complexity index is 456. The fourth-order valence-corrected chi connectivity index (χ4v) is 2.53. The van der Waals surface area contributed by atoms with Gasteiger partial charge in [0.05, 0.1) is 6.61 Å². The average Bonchev–Trinajstić information content (AvgIpc) is 2.59. The first-order valence-corrected chi connectivity index (χ1v) is 5.29. The highest BCUT2D eigenvalue weighted by Crippen LogP contribution is 2.27. The summed E-state index contributed by atoms with van der Waals surface area (Å²) in [6.45, 7) is 4.46. The molecule has 0 saturated heterocycles. The molecular formula is C12H12OS. The summed E-state index contributed by atoms with van der Waals surface area (Å²) in [7, 11) is 1.72. The molecule has 0 aliphatic carbocycles. The van der Waals surface area contributed by atoms with Crippen LogP contribution in [0.1, 0.15) is 10.4 Å². The molecule has 0 N–H and O–H groups in total. The van der Waals surface area contributed by atoms with Gasteiger partial charge in [-0.15, -0.1) is 11.3 Å². The second kappa shape index (κ2) is 3.95.